The van der Waals surface area contributed by atoms with Crippen LogP contribution < -0.4 is 0 Å². The smallest absolute Gasteiger partial charge is 0.384 e. The second-order valence-corrected chi connectivity index (χ2v) is 3.73. The van der Waals surface area contributed by atoms with Gasteiger partial charge in [0.2, 0.25) is 0 Å². The molecule has 1 aliphatic rings. The molecule has 0 heterocycles. The highest BCUT2D eigenvalue weighted by molar-refractivity contribution is 4.77. The lowest BCUT2D eigenvalue weighted by molar-refractivity contribution is -0.187. The molecule has 1 saturated carbocycles. The first-order valence-electron chi connectivity index (χ1n) is 4.59. The monoisotopic (exact) mass is 196 g/mol. The molecule has 0 N–H and O–H groups in total. The highest BCUT2D eigenvalue weighted by Gasteiger charge is 2.41. The lowest BCUT2D eigenvalue weighted by atomic mass is 9.81. The van der Waals surface area contributed by atoms with E-state index in [4.69, 9.17) is 4.74 Å². The molecule has 1 rings (SSSR count). The number of hydrogen-bond acceptors (Lipinski definition) is 1. The van der Waals surface area contributed by atoms with Gasteiger partial charge in [0.05, 0.1) is 5.92 Å². The Morgan fingerprint density at radius 2 is 2.00 bits per heavy atom. The SMILES string of the molecule is COCC1CCCC(C(F)(F)F)C1. The van der Waals surface area contributed by atoms with Gasteiger partial charge in [0.15, 0.2) is 0 Å². The molecular weight excluding hydrogens is 181 g/mol. The first-order valence-corrected chi connectivity index (χ1v) is 4.59. The summed E-state index contributed by atoms with van der Waals surface area (Å²) >= 11 is 0. The van der Waals surface area contributed by atoms with Crippen molar-refractivity contribution in [3.05, 3.63) is 0 Å². The van der Waals surface area contributed by atoms with Crippen LogP contribution in [-0.4, -0.2) is 19.9 Å². The molecule has 1 nitrogen and oxygen atoms in total. The number of rotatable bonds is 2. The van der Waals surface area contributed by atoms with Crippen molar-refractivity contribution in [3.63, 3.8) is 0 Å². The molecule has 0 amide bonds. The molecule has 0 aromatic carbocycles. The lowest BCUT2D eigenvalue weighted by Crippen LogP contribution is -2.30. The summed E-state index contributed by atoms with van der Waals surface area (Å²) in [5, 5.41) is 0. The predicted molar refractivity (Wildman–Crippen MR) is 43.4 cm³/mol. The Bertz CT molecular complexity index is 153. The first-order chi connectivity index (χ1) is 6.04. The molecule has 0 aromatic rings. The Kier molecular flexibility index (Phi) is 3.59. The molecule has 0 aliphatic heterocycles. The zero-order chi connectivity index (χ0) is 9.90. The van der Waals surface area contributed by atoms with Crippen LogP contribution >= 0.6 is 0 Å². The summed E-state index contributed by atoms with van der Waals surface area (Å²) in [5.41, 5.74) is 0. The van der Waals surface area contributed by atoms with Crippen molar-refractivity contribution >= 4 is 0 Å². The minimum Gasteiger partial charge on any atom is -0.384 e. The van der Waals surface area contributed by atoms with Gasteiger partial charge in [-0.3, -0.25) is 0 Å². The standard InChI is InChI=1S/C9H15F3O/c1-13-6-7-3-2-4-8(5-7)9(10,11)12/h7-8H,2-6H2,1H3. The number of methoxy groups -OCH3 is 1. The van der Waals surface area contributed by atoms with Gasteiger partial charge in [0, 0.05) is 13.7 Å². The Balaban J connectivity index is 2.42. The van der Waals surface area contributed by atoms with Crippen LogP contribution in [0.1, 0.15) is 25.7 Å². The third kappa shape index (κ3) is 3.18. The number of hydrogen-bond donors (Lipinski definition) is 0. The third-order valence-corrected chi connectivity index (χ3v) is 2.65. The number of ether oxygens (including phenoxy) is 1. The highest BCUT2D eigenvalue weighted by atomic mass is 19.4. The van der Waals surface area contributed by atoms with Gasteiger partial charge in [0.25, 0.3) is 0 Å². The molecule has 0 saturated heterocycles. The topological polar surface area (TPSA) is 9.23 Å². The molecule has 0 aromatic heterocycles. The van der Waals surface area contributed by atoms with Gasteiger partial charge in [0.1, 0.15) is 0 Å². The minimum absolute atomic E-state index is 0.102. The maximum Gasteiger partial charge on any atom is 0.391 e. The summed E-state index contributed by atoms with van der Waals surface area (Å²) in [5.74, 6) is -0.994. The normalized spacial score (nSPS) is 30.5. The lowest BCUT2D eigenvalue weighted by Gasteiger charge is -2.29. The summed E-state index contributed by atoms with van der Waals surface area (Å²) in [4.78, 5) is 0. The van der Waals surface area contributed by atoms with Crippen LogP contribution in [0.15, 0.2) is 0 Å². The molecule has 2 atom stereocenters. The molecule has 0 spiro atoms. The van der Waals surface area contributed by atoms with Crippen molar-refractivity contribution in [1.82, 2.24) is 0 Å². The zero-order valence-corrected chi connectivity index (χ0v) is 7.73. The van der Waals surface area contributed by atoms with E-state index in [1.54, 1.807) is 0 Å². The van der Waals surface area contributed by atoms with Gasteiger partial charge >= 0.3 is 6.18 Å². The van der Waals surface area contributed by atoms with Crippen molar-refractivity contribution in [3.8, 4) is 0 Å². The van der Waals surface area contributed by atoms with Crippen molar-refractivity contribution in [2.45, 2.75) is 31.9 Å². The van der Waals surface area contributed by atoms with Crippen LogP contribution in [0.25, 0.3) is 0 Å². The summed E-state index contributed by atoms with van der Waals surface area (Å²) in [6.45, 7) is 0.465. The van der Waals surface area contributed by atoms with E-state index in [2.05, 4.69) is 0 Å². The summed E-state index contributed by atoms with van der Waals surface area (Å²) in [7, 11) is 1.54. The average molecular weight is 196 g/mol. The van der Waals surface area contributed by atoms with E-state index in [1.807, 2.05) is 0 Å². The van der Waals surface area contributed by atoms with Crippen LogP contribution in [0, 0.1) is 11.8 Å². The van der Waals surface area contributed by atoms with E-state index >= 15 is 0 Å². The largest absolute Gasteiger partial charge is 0.391 e. The molecule has 13 heavy (non-hydrogen) atoms. The first kappa shape index (κ1) is 10.8. The highest BCUT2D eigenvalue weighted by Crippen LogP contribution is 2.39. The molecule has 1 fully saturated rings. The minimum atomic E-state index is -4.01. The molecule has 0 bridgehead atoms. The Morgan fingerprint density at radius 1 is 1.31 bits per heavy atom. The van der Waals surface area contributed by atoms with Gasteiger partial charge in [-0.1, -0.05) is 6.42 Å². The van der Waals surface area contributed by atoms with Crippen LogP contribution in [0.3, 0.4) is 0 Å². The Hall–Kier alpha value is -0.250. The van der Waals surface area contributed by atoms with E-state index in [0.29, 0.717) is 19.4 Å². The van der Waals surface area contributed by atoms with Crippen molar-refractivity contribution in [2.24, 2.45) is 11.8 Å². The van der Waals surface area contributed by atoms with Gasteiger partial charge in [-0.15, -0.1) is 0 Å². The van der Waals surface area contributed by atoms with Gasteiger partial charge in [-0.25, -0.2) is 0 Å². The number of halogens is 3. The fraction of sp³-hybridized carbons (Fsp3) is 1.00. The second-order valence-electron chi connectivity index (χ2n) is 3.73. The molecule has 78 valence electrons. The van der Waals surface area contributed by atoms with E-state index in [0.717, 1.165) is 6.42 Å². The van der Waals surface area contributed by atoms with Crippen LogP contribution in [0.4, 0.5) is 13.2 Å². The summed E-state index contributed by atoms with van der Waals surface area (Å²) in [6.07, 6.45) is -1.91. The number of alkyl halides is 3. The van der Waals surface area contributed by atoms with E-state index in [-0.39, 0.29) is 12.3 Å². The zero-order valence-electron chi connectivity index (χ0n) is 7.73. The fourth-order valence-electron chi connectivity index (χ4n) is 1.98. The van der Waals surface area contributed by atoms with Crippen LogP contribution in [0.2, 0.25) is 0 Å². The van der Waals surface area contributed by atoms with Gasteiger partial charge in [-0.05, 0) is 25.2 Å². The van der Waals surface area contributed by atoms with E-state index in [9.17, 15) is 13.2 Å². The van der Waals surface area contributed by atoms with Gasteiger partial charge < -0.3 is 4.74 Å². The van der Waals surface area contributed by atoms with Crippen LogP contribution in [0.5, 0.6) is 0 Å². The maximum absolute atomic E-state index is 12.3. The summed E-state index contributed by atoms with van der Waals surface area (Å²) < 4.78 is 41.8. The Labute approximate surface area is 76.3 Å². The third-order valence-electron chi connectivity index (χ3n) is 2.65. The fourth-order valence-corrected chi connectivity index (χ4v) is 1.98. The maximum atomic E-state index is 12.3. The quantitative estimate of drug-likeness (QED) is 0.659. The molecule has 1 aliphatic carbocycles. The summed E-state index contributed by atoms with van der Waals surface area (Å²) in [6, 6.07) is 0. The molecule has 2 unspecified atom stereocenters. The van der Waals surface area contributed by atoms with Crippen molar-refractivity contribution in [2.75, 3.05) is 13.7 Å². The second kappa shape index (κ2) is 4.31. The predicted octanol–water partition coefficient (Wildman–Crippen LogP) is 3.00. The average Bonchev–Trinajstić information content (AvgIpc) is 2.04. The van der Waals surface area contributed by atoms with Gasteiger partial charge in [-0.2, -0.15) is 13.2 Å². The van der Waals surface area contributed by atoms with E-state index in [1.165, 1.54) is 7.11 Å². The van der Waals surface area contributed by atoms with E-state index < -0.39 is 12.1 Å². The van der Waals surface area contributed by atoms with Crippen molar-refractivity contribution < 1.29 is 17.9 Å². The molecule has 4 heteroatoms. The van der Waals surface area contributed by atoms with Crippen LogP contribution in [-0.2, 0) is 4.74 Å². The molecule has 0 radical (unpaired) electrons. The van der Waals surface area contributed by atoms with Crippen molar-refractivity contribution in [1.29, 1.82) is 0 Å². The Morgan fingerprint density at radius 3 is 2.54 bits per heavy atom. The molecular formula is C9H15F3O.